The lowest BCUT2D eigenvalue weighted by Crippen LogP contribution is -2.13. The number of nitriles is 1. The summed E-state index contributed by atoms with van der Waals surface area (Å²) in [5.74, 6) is -0.667. The summed E-state index contributed by atoms with van der Waals surface area (Å²) in [5.41, 5.74) is 3.05. The van der Waals surface area contributed by atoms with Crippen molar-refractivity contribution in [3.63, 3.8) is 0 Å². The molecule has 172 valence electrons. The Kier molecular flexibility index (Phi) is 8.06. The fourth-order valence-corrected chi connectivity index (χ4v) is 3.50. The maximum absolute atomic E-state index is 12.6. The second-order valence-corrected chi connectivity index (χ2v) is 8.16. The molecule has 0 aromatic heterocycles. The van der Waals surface area contributed by atoms with Crippen LogP contribution >= 0.6 is 15.9 Å². The highest BCUT2D eigenvalue weighted by Crippen LogP contribution is 2.35. The van der Waals surface area contributed by atoms with Gasteiger partial charge < -0.3 is 19.9 Å². The molecule has 0 aliphatic heterocycles. The zero-order valence-corrected chi connectivity index (χ0v) is 20.0. The van der Waals surface area contributed by atoms with Gasteiger partial charge in [-0.1, -0.05) is 40.2 Å². The van der Waals surface area contributed by atoms with Crippen molar-refractivity contribution in [1.29, 1.82) is 5.26 Å². The molecule has 0 bridgehead atoms. The van der Waals surface area contributed by atoms with Crippen molar-refractivity contribution in [3.05, 3.63) is 93.0 Å². The van der Waals surface area contributed by atoms with Crippen molar-refractivity contribution in [1.82, 2.24) is 0 Å². The van der Waals surface area contributed by atoms with Crippen LogP contribution in [0.5, 0.6) is 11.5 Å². The topological polar surface area (TPSA) is 109 Å². The van der Waals surface area contributed by atoms with Crippen LogP contribution in [0.1, 0.15) is 27.0 Å². The van der Waals surface area contributed by atoms with E-state index in [2.05, 4.69) is 21.2 Å². The summed E-state index contributed by atoms with van der Waals surface area (Å²) < 4.78 is 11.9. The van der Waals surface area contributed by atoms with Crippen LogP contribution in [0, 0.1) is 18.3 Å². The van der Waals surface area contributed by atoms with Gasteiger partial charge in [0.1, 0.15) is 18.2 Å². The number of halogens is 1. The quantitative estimate of drug-likeness (QED) is 0.296. The van der Waals surface area contributed by atoms with E-state index in [9.17, 15) is 14.9 Å². The largest absolute Gasteiger partial charge is 0.493 e. The number of ether oxygens (including phenoxy) is 2. The number of methoxy groups -OCH3 is 1. The van der Waals surface area contributed by atoms with Crippen LogP contribution in [0.2, 0.25) is 0 Å². The van der Waals surface area contributed by atoms with Gasteiger partial charge in [-0.05, 0) is 66.1 Å². The van der Waals surface area contributed by atoms with Gasteiger partial charge in [0.05, 0.1) is 12.7 Å². The minimum absolute atomic E-state index is 0.0727. The molecule has 34 heavy (non-hydrogen) atoms. The van der Waals surface area contributed by atoms with Gasteiger partial charge in [-0.2, -0.15) is 5.26 Å². The standard InChI is InChI=1S/C26H21BrN2O5/c1-16-4-3-5-21(10-16)29-25(30)20(14-28)11-19-12-23(33-2)24(13-22(19)27)34-15-17-6-8-18(9-7-17)26(31)32/h3-13H,15H2,1-2H3,(H,29,30)(H,31,32)/b20-11-. The normalized spacial score (nSPS) is 10.8. The third-order valence-corrected chi connectivity index (χ3v) is 5.51. The number of carbonyl (C=O) groups is 2. The first-order valence-corrected chi connectivity index (χ1v) is 10.9. The van der Waals surface area contributed by atoms with Crippen molar-refractivity contribution in [2.24, 2.45) is 0 Å². The van der Waals surface area contributed by atoms with Crippen molar-refractivity contribution in [3.8, 4) is 17.6 Å². The second-order valence-electron chi connectivity index (χ2n) is 7.31. The number of benzene rings is 3. The van der Waals surface area contributed by atoms with Crippen molar-refractivity contribution >= 4 is 39.6 Å². The van der Waals surface area contributed by atoms with Crippen molar-refractivity contribution in [2.75, 3.05) is 12.4 Å². The molecular formula is C26H21BrN2O5. The second kappa shape index (κ2) is 11.2. The van der Waals surface area contributed by atoms with E-state index in [1.54, 1.807) is 30.3 Å². The lowest BCUT2D eigenvalue weighted by molar-refractivity contribution is -0.112. The highest BCUT2D eigenvalue weighted by atomic mass is 79.9. The van der Waals surface area contributed by atoms with Crippen LogP contribution in [-0.4, -0.2) is 24.1 Å². The first-order chi connectivity index (χ1) is 16.3. The number of anilines is 1. The Morgan fingerprint density at radius 3 is 2.47 bits per heavy atom. The number of nitrogens with one attached hydrogen (secondary N) is 1. The predicted octanol–water partition coefficient (Wildman–Crippen LogP) is 5.59. The Morgan fingerprint density at radius 1 is 1.12 bits per heavy atom. The zero-order valence-electron chi connectivity index (χ0n) is 18.5. The molecule has 2 N–H and O–H groups in total. The van der Waals surface area contributed by atoms with Crippen LogP contribution in [0.25, 0.3) is 6.08 Å². The molecule has 3 aromatic rings. The Labute approximate surface area is 205 Å². The molecule has 0 fully saturated rings. The SMILES string of the molecule is COc1cc(/C=C(/C#N)C(=O)Nc2cccc(C)c2)c(Br)cc1OCc1ccc(C(=O)O)cc1. The fraction of sp³-hybridized carbons (Fsp3) is 0.115. The number of rotatable bonds is 8. The molecule has 7 nitrogen and oxygen atoms in total. The number of hydrogen-bond donors (Lipinski definition) is 2. The smallest absolute Gasteiger partial charge is 0.335 e. The minimum Gasteiger partial charge on any atom is -0.493 e. The summed E-state index contributed by atoms with van der Waals surface area (Å²) in [6, 6.07) is 18.9. The molecule has 0 heterocycles. The molecule has 0 atom stereocenters. The van der Waals surface area contributed by atoms with E-state index in [4.69, 9.17) is 14.6 Å². The zero-order chi connectivity index (χ0) is 24.7. The van der Waals surface area contributed by atoms with Gasteiger partial charge in [0, 0.05) is 10.2 Å². The van der Waals surface area contributed by atoms with E-state index >= 15 is 0 Å². The van der Waals surface area contributed by atoms with Gasteiger partial charge in [0.2, 0.25) is 0 Å². The first kappa shape index (κ1) is 24.6. The van der Waals surface area contributed by atoms with Gasteiger partial charge >= 0.3 is 5.97 Å². The Morgan fingerprint density at radius 2 is 1.85 bits per heavy atom. The number of nitrogens with zero attached hydrogens (tertiary/aromatic N) is 1. The highest BCUT2D eigenvalue weighted by molar-refractivity contribution is 9.10. The van der Waals surface area contributed by atoms with E-state index in [-0.39, 0.29) is 17.7 Å². The monoisotopic (exact) mass is 520 g/mol. The number of carboxylic acid groups (broad SMARTS) is 1. The number of aromatic carboxylic acids is 1. The lowest BCUT2D eigenvalue weighted by Gasteiger charge is -2.13. The number of hydrogen-bond acceptors (Lipinski definition) is 5. The molecule has 0 unspecified atom stereocenters. The molecular weight excluding hydrogens is 500 g/mol. The van der Waals surface area contributed by atoms with E-state index in [1.165, 1.54) is 25.3 Å². The summed E-state index contributed by atoms with van der Waals surface area (Å²) in [5, 5.41) is 21.3. The minimum atomic E-state index is -0.994. The summed E-state index contributed by atoms with van der Waals surface area (Å²) in [6.07, 6.45) is 1.46. The molecule has 0 aliphatic rings. The van der Waals surface area contributed by atoms with E-state index in [0.29, 0.717) is 27.2 Å². The molecule has 3 rings (SSSR count). The molecule has 0 spiro atoms. The number of amides is 1. The third kappa shape index (κ3) is 6.24. The lowest BCUT2D eigenvalue weighted by atomic mass is 10.1. The van der Waals surface area contributed by atoms with Gasteiger partial charge in [0.15, 0.2) is 11.5 Å². The van der Waals surface area contributed by atoms with E-state index < -0.39 is 11.9 Å². The molecule has 3 aromatic carbocycles. The molecule has 0 saturated heterocycles. The van der Waals surface area contributed by atoms with E-state index in [0.717, 1.165) is 11.1 Å². The number of carboxylic acids is 1. The first-order valence-electron chi connectivity index (χ1n) is 10.1. The number of aryl methyl sites for hydroxylation is 1. The van der Waals surface area contributed by atoms with Crippen LogP contribution in [-0.2, 0) is 11.4 Å². The molecule has 0 radical (unpaired) electrons. The van der Waals surface area contributed by atoms with Crippen molar-refractivity contribution < 1.29 is 24.2 Å². The van der Waals surface area contributed by atoms with E-state index in [1.807, 2.05) is 31.2 Å². The average molecular weight is 521 g/mol. The van der Waals surface area contributed by atoms with Crippen LogP contribution < -0.4 is 14.8 Å². The summed E-state index contributed by atoms with van der Waals surface area (Å²) in [7, 11) is 1.49. The summed E-state index contributed by atoms with van der Waals surface area (Å²) in [4.78, 5) is 23.6. The van der Waals surface area contributed by atoms with Gasteiger partial charge in [-0.25, -0.2) is 4.79 Å². The maximum Gasteiger partial charge on any atom is 0.335 e. The fourth-order valence-electron chi connectivity index (χ4n) is 3.06. The Balaban J connectivity index is 1.79. The van der Waals surface area contributed by atoms with Gasteiger partial charge in [-0.3, -0.25) is 4.79 Å². The van der Waals surface area contributed by atoms with Crippen LogP contribution in [0.4, 0.5) is 5.69 Å². The highest BCUT2D eigenvalue weighted by Gasteiger charge is 2.14. The predicted molar refractivity (Wildman–Crippen MR) is 132 cm³/mol. The third-order valence-electron chi connectivity index (χ3n) is 4.82. The average Bonchev–Trinajstić information content (AvgIpc) is 2.82. The Hall–Kier alpha value is -4.09. The summed E-state index contributed by atoms with van der Waals surface area (Å²) >= 11 is 3.46. The molecule has 0 aliphatic carbocycles. The Bertz CT molecular complexity index is 1290. The van der Waals surface area contributed by atoms with Crippen molar-refractivity contribution in [2.45, 2.75) is 13.5 Å². The van der Waals surface area contributed by atoms with Crippen LogP contribution in [0.3, 0.4) is 0 Å². The maximum atomic E-state index is 12.6. The summed E-state index contributed by atoms with van der Waals surface area (Å²) in [6.45, 7) is 2.11. The molecule has 0 saturated carbocycles. The van der Waals surface area contributed by atoms with Crippen LogP contribution in [0.15, 0.2) is 70.7 Å². The van der Waals surface area contributed by atoms with Gasteiger partial charge in [-0.15, -0.1) is 0 Å². The molecule has 1 amide bonds. The molecule has 8 heteroatoms. The number of carbonyl (C=O) groups excluding carboxylic acids is 1. The van der Waals surface area contributed by atoms with Gasteiger partial charge in [0.25, 0.3) is 5.91 Å².